The van der Waals surface area contributed by atoms with Crippen LogP contribution in [0, 0.1) is 11.8 Å². The van der Waals surface area contributed by atoms with Gasteiger partial charge < -0.3 is 10.6 Å². The van der Waals surface area contributed by atoms with Crippen LogP contribution in [0.5, 0.6) is 0 Å². The van der Waals surface area contributed by atoms with Crippen molar-refractivity contribution >= 4 is 17.5 Å². The van der Waals surface area contributed by atoms with E-state index in [9.17, 15) is 9.59 Å². The number of para-hydroxylation sites is 1. The summed E-state index contributed by atoms with van der Waals surface area (Å²) in [6.07, 6.45) is 9.69. The Balaban J connectivity index is 1.42. The zero-order chi connectivity index (χ0) is 17.6. The number of nitrogens with one attached hydrogen (secondary N) is 2. The molecule has 2 unspecified atom stereocenters. The highest BCUT2D eigenvalue weighted by molar-refractivity contribution is 5.99. The number of hydrogen-bond donors (Lipinski definition) is 2. The zero-order valence-electron chi connectivity index (χ0n) is 15.0. The quantitative estimate of drug-likeness (QED) is 0.741. The molecule has 2 aliphatic rings. The van der Waals surface area contributed by atoms with Crippen LogP contribution in [-0.4, -0.2) is 18.4 Å². The van der Waals surface area contributed by atoms with Gasteiger partial charge in [-0.1, -0.05) is 36.8 Å². The van der Waals surface area contributed by atoms with Crippen molar-refractivity contribution in [3.8, 4) is 0 Å². The maximum absolute atomic E-state index is 12.4. The minimum absolute atomic E-state index is 0.0281. The van der Waals surface area contributed by atoms with Crippen molar-refractivity contribution in [3.63, 3.8) is 0 Å². The van der Waals surface area contributed by atoms with Gasteiger partial charge in [-0.05, 0) is 56.6 Å². The maximum Gasteiger partial charge on any atom is 0.228 e. The number of amides is 2. The van der Waals surface area contributed by atoms with Crippen molar-refractivity contribution in [2.75, 3.05) is 11.9 Å². The molecule has 1 saturated carbocycles. The number of allylic oxidation sites excluding steroid dienone is 1. The number of benzene rings is 1. The molecule has 0 spiro atoms. The lowest BCUT2D eigenvalue weighted by Gasteiger charge is -2.13. The highest BCUT2D eigenvalue weighted by Gasteiger charge is 2.47. The molecule has 134 valence electrons. The van der Waals surface area contributed by atoms with E-state index in [0.717, 1.165) is 24.1 Å². The lowest BCUT2D eigenvalue weighted by Crippen LogP contribution is -2.28. The summed E-state index contributed by atoms with van der Waals surface area (Å²) in [5, 5.41) is 5.99. The average Bonchev–Trinajstić information content (AvgIpc) is 3.44. The summed E-state index contributed by atoms with van der Waals surface area (Å²) >= 11 is 0. The molecule has 2 aliphatic carbocycles. The fourth-order valence-corrected chi connectivity index (χ4v) is 3.56. The Hall–Kier alpha value is -2.10. The van der Waals surface area contributed by atoms with Crippen LogP contribution in [0.2, 0.25) is 0 Å². The summed E-state index contributed by atoms with van der Waals surface area (Å²) in [6, 6.07) is 7.84. The summed E-state index contributed by atoms with van der Waals surface area (Å²) in [5.41, 5.74) is 3.45. The second-order valence-corrected chi connectivity index (χ2v) is 7.10. The average molecular weight is 340 g/mol. The molecule has 2 amide bonds. The van der Waals surface area contributed by atoms with E-state index >= 15 is 0 Å². The first kappa shape index (κ1) is 17.7. The molecule has 0 radical (unpaired) electrons. The highest BCUT2D eigenvalue weighted by atomic mass is 16.2. The molecule has 0 bridgehead atoms. The Labute approximate surface area is 150 Å². The summed E-state index contributed by atoms with van der Waals surface area (Å²) in [5.74, 6) is -0.343. The van der Waals surface area contributed by atoms with Crippen LogP contribution in [-0.2, 0) is 16.0 Å². The fraction of sp³-hybridized carbons (Fsp3) is 0.524. The van der Waals surface area contributed by atoms with Gasteiger partial charge in [-0.3, -0.25) is 9.59 Å². The van der Waals surface area contributed by atoms with Gasteiger partial charge in [0.2, 0.25) is 11.8 Å². The second kappa shape index (κ2) is 8.32. The third-order valence-corrected chi connectivity index (χ3v) is 5.25. The molecule has 2 atom stereocenters. The molecule has 1 aromatic carbocycles. The summed E-state index contributed by atoms with van der Waals surface area (Å²) in [6.45, 7) is 2.76. The number of anilines is 1. The van der Waals surface area contributed by atoms with Crippen LogP contribution in [0.3, 0.4) is 0 Å². The van der Waals surface area contributed by atoms with Crippen LogP contribution in [0.4, 0.5) is 5.69 Å². The van der Waals surface area contributed by atoms with Crippen molar-refractivity contribution in [3.05, 3.63) is 41.5 Å². The Kier molecular flexibility index (Phi) is 5.90. The van der Waals surface area contributed by atoms with Crippen molar-refractivity contribution in [2.45, 2.75) is 51.9 Å². The fourth-order valence-electron chi connectivity index (χ4n) is 3.56. The molecular formula is C21H28N2O2. The monoisotopic (exact) mass is 340 g/mol. The normalized spacial score (nSPS) is 22.0. The molecule has 1 fully saturated rings. The Morgan fingerprint density at radius 2 is 1.92 bits per heavy atom. The van der Waals surface area contributed by atoms with Crippen LogP contribution < -0.4 is 10.6 Å². The predicted octanol–water partition coefficient (Wildman–Crippen LogP) is 3.83. The number of rotatable bonds is 7. The first-order valence-corrected chi connectivity index (χ1v) is 9.53. The van der Waals surface area contributed by atoms with E-state index in [2.05, 4.69) is 23.6 Å². The van der Waals surface area contributed by atoms with Gasteiger partial charge in [-0.25, -0.2) is 0 Å². The van der Waals surface area contributed by atoms with E-state index in [1.54, 1.807) is 0 Å². The minimum Gasteiger partial charge on any atom is -0.356 e. The molecule has 2 N–H and O–H groups in total. The van der Waals surface area contributed by atoms with Crippen molar-refractivity contribution < 1.29 is 9.59 Å². The number of aryl methyl sites for hydroxylation is 1. The minimum atomic E-state index is -0.182. The molecule has 0 saturated heterocycles. The third-order valence-electron chi connectivity index (χ3n) is 5.25. The molecule has 1 aromatic rings. The smallest absolute Gasteiger partial charge is 0.228 e. The van der Waals surface area contributed by atoms with E-state index in [-0.39, 0.29) is 23.7 Å². The molecule has 0 heterocycles. The van der Waals surface area contributed by atoms with Gasteiger partial charge in [-0.15, -0.1) is 0 Å². The first-order chi connectivity index (χ1) is 12.2. The molecule has 25 heavy (non-hydrogen) atoms. The lowest BCUT2D eigenvalue weighted by atomic mass is 9.97. The summed E-state index contributed by atoms with van der Waals surface area (Å²) in [4.78, 5) is 24.6. The van der Waals surface area contributed by atoms with Crippen molar-refractivity contribution in [1.82, 2.24) is 5.32 Å². The summed E-state index contributed by atoms with van der Waals surface area (Å²) < 4.78 is 0. The van der Waals surface area contributed by atoms with Gasteiger partial charge in [0.1, 0.15) is 0 Å². The second-order valence-electron chi connectivity index (χ2n) is 7.10. The number of carbonyl (C=O) groups excluding carboxylic acids is 2. The lowest BCUT2D eigenvalue weighted by molar-refractivity contribution is -0.125. The summed E-state index contributed by atoms with van der Waals surface area (Å²) in [7, 11) is 0. The van der Waals surface area contributed by atoms with Crippen LogP contribution in [0.15, 0.2) is 35.9 Å². The first-order valence-electron chi connectivity index (χ1n) is 9.53. The SMILES string of the molecule is CCc1ccccc1NC(=O)C1CC1C(=O)NCCC1=CCCCC1. The van der Waals surface area contributed by atoms with Gasteiger partial charge in [0.25, 0.3) is 0 Å². The van der Waals surface area contributed by atoms with Gasteiger partial charge >= 0.3 is 0 Å². The van der Waals surface area contributed by atoms with Crippen molar-refractivity contribution in [1.29, 1.82) is 0 Å². The van der Waals surface area contributed by atoms with Gasteiger partial charge in [0.15, 0.2) is 0 Å². The molecule has 0 aromatic heterocycles. The Morgan fingerprint density at radius 1 is 1.12 bits per heavy atom. The number of hydrogen-bond acceptors (Lipinski definition) is 2. The van der Waals surface area contributed by atoms with E-state index in [1.165, 1.54) is 31.3 Å². The highest BCUT2D eigenvalue weighted by Crippen LogP contribution is 2.39. The Bertz CT molecular complexity index is 666. The molecular weight excluding hydrogens is 312 g/mol. The van der Waals surface area contributed by atoms with E-state index in [0.29, 0.717) is 13.0 Å². The van der Waals surface area contributed by atoms with E-state index in [4.69, 9.17) is 0 Å². The van der Waals surface area contributed by atoms with Crippen molar-refractivity contribution in [2.24, 2.45) is 11.8 Å². The molecule has 4 heteroatoms. The van der Waals surface area contributed by atoms with E-state index in [1.807, 2.05) is 24.3 Å². The van der Waals surface area contributed by atoms with Crippen LogP contribution >= 0.6 is 0 Å². The Morgan fingerprint density at radius 3 is 2.68 bits per heavy atom. The van der Waals surface area contributed by atoms with Gasteiger partial charge in [-0.2, -0.15) is 0 Å². The number of carbonyl (C=O) groups is 2. The molecule has 3 rings (SSSR count). The molecule has 0 aliphatic heterocycles. The molecule has 4 nitrogen and oxygen atoms in total. The predicted molar refractivity (Wildman–Crippen MR) is 100 cm³/mol. The topological polar surface area (TPSA) is 58.2 Å². The van der Waals surface area contributed by atoms with Gasteiger partial charge in [0.05, 0.1) is 11.8 Å². The zero-order valence-corrected chi connectivity index (χ0v) is 15.0. The van der Waals surface area contributed by atoms with Crippen LogP contribution in [0.1, 0.15) is 51.0 Å². The van der Waals surface area contributed by atoms with Crippen LogP contribution in [0.25, 0.3) is 0 Å². The van der Waals surface area contributed by atoms with Gasteiger partial charge in [0, 0.05) is 12.2 Å². The maximum atomic E-state index is 12.4. The standard InChI is InChI=1S/C21H28N2O2/c1-2-16-10-6-7-11-19(16)23-21(25)18-14-17(18)20(24)22-13-12-15-8-4-3-5-9-15/h6-8,10-11,17-18H,2-5,9,12-14H2,1H3,(H,22,24)(H,23,25). The third kappa shape index (κ3) is 4.71. The van der Waals surface area contributed by atoms with E-state index < -0.39 is 0 Å². The largest absolute Gasteiger partial charge is 0.356 e.